The van der Waals surface area contributed by atoms with Gasteiger partial charge in [0.15, 0.2) is 0 Å². The fraction of sp³-hybridized carbons (Fsp3) is 0.455. The molecule has 0 aliphatic heterocycles. The van der Waals surface area contributed by atoms with Crippen LogP contribution in [0.25, 0.3) is 6.08 Å². The lowest BCUT2D eigenvalue weighted by atomic mass is 9.72. The van der Waals surface area contributed by atoms with Gasteiger partial charge in [-0.15, -0.1) is 22.7 Å². The fourth-order valence-electron chi connectivity index (χ4n) is 3.53. The number of nitrogens with one attached hydrogen (secondary N) is 1. The Kier molecular flexibility index (Phi) is 6.40. The molecule has 1 N–H and O–H groups in total. The number of esters is 1. The summed E-state index contributed by atoms with van der Waals surface area (Å²) in [5.74, 6) is -0.00682. The second-order valence-electron chi connectivity index (χ2n) is 8.07. The highest BCUT2D eigenvalue weighted by molar-refractivity contribution is 7.17. The van der Waals surface area contributed by atoms with Crippen molar-refractivity contribution >= 4 is 45.6 Å². The second kappa shape index (κ2) is 8.62. The van der Waals surface area contributed by atoms with Gasteiger partial charge in [-0.2, -0.15) is 0 Å². The molecule has 3 rings (SSSR count). The lowest BCUT2D eigenvalue weighted by molar-refractivity contribution is -0.111. The van der Waals surface area contributed by atoms with Crippen LogP contribution in [0.3, 0.4) is 0 Å². The van der Waals surface area contributed by atoms with E-state index in [1.807, 2.05) is 17.5 Å². The van der Waals surface area contributed by atoms with Crippen LogP contribution in [-0.2, 0) is 22.4 Å². The molecule has 28 heavy (non-hydrogen) atoms. The van der Waals surface area contributed by atoms with Crippen molar-refractivity contribution in [2.75, 3.05) is 11.9 Å². The summed E-state index contributed by atoms with van der Waals surface area (Å²) < 4.78 is 5.29. The smallest absolute Gasteiger partial charge is 0.341 e. The lowest BCUT2D eigenvalue weighted by Gasteiger charge is -2.33. The highest BCUT2D eigenvalue weighted by Crippen LogP contribution is 2.44. The van der Waals surface area contributed by atoms with Crippen molar-refractivity contribution in [3.63, 3.8) is 0 Å². The van der Waals surface area contributed by atoms with Gasteiger partial charge in [-0.05, 0) is 60.6 Å². The van der Waals surface area contributed by atoms with Crippen LogP contribution in [0.5, 0.6) is 0 Å². The summed E-state index contributed by atoms with van der Waals surface area (Å²) in [7, 11) is 0. The number of anilines is 1. The minimum atomic E-state index is -0.341. The molecule has 2 heterocycles. The van der Waals surface area contributed by atoms with Crippen LogP contribution < -0.4 is 5.32 Å². The van der Waals surface area contributed by atoms with Gasteiger partial charge in [0.05, 0.1) is 12.2 Å². The summed E-state index contributed by atoms with van der Waals surface area (Å²) in [6.07, 6.45) is 6.13. The predicted octanol–water partition coefficient (Wildman–Crippen LogP) is 5.79. The van der Waals surface area contributed by atoms with Crippen LogP contribution in [0, 0.1) is 11.3 Å². The number of thiophene rings is 2. The van der Waals surface area contributed by atoms with Gasteiger partial charge in [0, 0.05) is 15.8 Å². The Labute approximate surface area is 174 Å². The second-order valence-corrected chi connectivity index (χ2v) is 10.2. The molecule has 0 radical (unpaired) electrons. The maximum Gasteiger partial charge on any atom is 0.341 e. The third-order valence-corrected chi connectivity index (χ3v) is 7.16. The Bertz CT molecular complexity index is 872. The van der Waals surface area contributed by atoms with E-state index in [0.717, 1.165) is 29.7 Å². The molecule has 1 atom stereocenters. The van der Waals surface area contributed by atoms with Crippen LogP contribution in [0.15, 0.2) is 23.6 Å². The highest BCUT2D eigenvalue weighted by Gasteiger charge is 2.34. The zero-order valence-corrected chi connectivity index (χ0v) is 18.5. The van der Waals surface area contributed by atoms with Crippen molar-refractivity contribution in [1.29, 1.82) is 0 Å². The summed E-state index contributed by atoms with van der Waals surface area (Å²) in [6.45, 7) is 8.91. The fourth-order valence-corrected chi connectivity index (χ4v) is 5.47. The molecule has 0 aromatic carbocycles. The summed E-state index contributed by atoms with van der Waals surface area (Å²) in [4.78, 5) is 27.3. The largest absolute Gasteiger partial charge is 0.462 e. The number of rotatable bonds is 5. The van der Waals surface area contributed by atoms with Gasteiger partial charge in [-0.1, -0.05) is 26.8 Å². The Morgan fingerprint density at radius 1 is 1.36 bits per heavy atom. The van der Waals surface area contributed by atoms with Crippen molar-refractivity contribution in [2.45, 2.75) is 47.0 Å². The van der Waals surface area contributed by atoms with Gasteiger partial charge in [-0.3, -0.25) is 4.79 Å². The number of hydrogen-bond acceptors (Lipinski definition) is 5. The van der Waals surface area contributed by atoms with Gasteiger partial charge in [0.25, 0.3) is 0 Å². The first-order valence-corrected chi connectivity index (χ1v) is 11.3. The number of amides is 1. The minimum Gasteiger partial charge on any atom is -0.462 e. The monoisotopic (exact) mass is 417 g/mol. The maximum atomic E-state index is 12.6. The number of carbonyl (C=O) groups is 2. The molecule has 0 saturated carbocycles. The zero-order valence-electron chi connectivity index (χ0n) is 16.8. The number of ether oxygens (including phenoxy) is 1. The van der Waals surface area contributed by atoms with Gasteiger partial charge in [0.1, 0.15) is 5.00 Å². The SMILES string of the molecule is CCOC(=O)c1c(NC(=O)/C=C/c2cccs2)sc2c1CCC(C(C)(C)C)C2. The molecule has 1 unspecified atom stereocenters. The molecule has 1 aliphatic carbocycles. The normalized spacial score (nSPS) is 16.8. The summed E-state index contributed by atoms with van der Waals surface area (Å²) >= 11 is 3.10. The molecule has 0 fully saturated rings. The standard InChI is InChI=1S/C22H27NO3S2/c1-5-26-21(25)19-16-10-8-14(22(2,3)4)13-17(16)28-20(19)23-18(24)11-9-15-7-6-12-27-15/h6-7,9,11-12,14H,5,8,10,13H2,1-4H3,(H,23,24)/b11-9+. The third-order valence-electron chi connectivity index (χ3n) is 5.15. The molecule has 0 spiro atoms. The number of carbonyl (C=O) groups excluding carboxylic acids is 2. The van der Waals surface area contributed by atoms with E-state index in [0.29, 0.717) is 23.1 Å². The molecule has 1 aliphatic rings. The molecular formula is C22H27NO3S2. The molecule has 2 aromatic rings. The van der Waals surface area contributed by atoms with E-state index in [2.05, 4.69) is 26.1 Å². The van der Waals surface area contributed by atoms with Gasteiger partial charge in [-0.25, -0.2) is 4.79 Å². The predicted molar refractivity (Wildman–Crippen MR) is 117 cm³/mol. The van der Waals surface area contributed by atoms with Crippen molar-refractivity contribution in [2.24, 2.45) is 11.3 Å². The van der Waals surface area contributed by atoms with Crippen LogP contribution in [-0.4, -0.2) is 18.5 Å². The number of hydrogen-bond donors (Lipinski definition) is 1. The average molecular weight is 418 g/mol. The average Bonchev–Trinajstić information content (AvgIpc) is 3.26. The molecule has 0 bridgehead atoms. The Balaban J connectivity index is 1.86. The third kappa shape index (κ3) is 4.73. The van der Waals surface area contributed by atoms with Crippen LogP contribution in [0.4, 0.5) is 5.00 Å². The van der Waals surface area contributed by atoms with Crippen LogP contribution >= 0.6 is 22.7 Å². The first-order valence-electron chi connectivity index (χ1n) is 9.63. The quantitative estimate of drug-likeness (QED) is 0.495. The van der Waals surface area contributed by atoms with Gasteiger partial charge >= 0.3 is 5.97 Å². The molecule has 1 amide bonds. The van der Waals surface area contributed by atoms with Crippen molar-refractivity contribution in [3.8, 4) is 0 Å². The maximum absolute atomic E-state index is 12.6. The van der Waals surface area contributed by atoms with E-state index in [4.69, 9.17) is 4.74 Å². The van der Waals surface area contributed by atoms with Crippen molar-refractivity contribution in [1.82, 2.24) is 0 Å². The van der Waals surface area contributed by atoms with E-state index in [1.54, 1.807) is 24.3 Å². The summed E-state index contributed by atoms with van der Waals surface area (Å²) in [5.41, 5.74) is 1.83. The van der Waals surface area contributed by atoms with Gasteiger partial charge < -0.3 is 10.1 Å². The lowest BCUT2D eigenvalue weighted by Crippen LogP contribution is -2.26. The minimum absolute atomic E-state index is 0.221. The summed E-state index contributed by atoms with van der Waals surface area (Å²) in [6, 6.07) is 3.90. The van der Waals surface area contributed by atoms with Crippen molar-refractivity contribution < 1.29 is 14.3 Å². The first kappa shape index (κ1) is 20.8. The highest BCUT2D eigenvalue weighted by atomic mass is 32.1. The Morgan fingerprint density at radius 2 is 2.14 bits per heavy atom. The molecule has 150 valence electrons. The van der Waals surface area contributed by atoms with E-state index in [9.17, 15) is 9.59 Å². The van der Waals surface area contributed by atoms with E-state index < -0.39 is 0 Å². The van der Waals surface area contributed by atoms with Crippen molar-refractivity contribution in [3.05, 3.63) is 44.5 Å². The summed E-state index contributed by atoms with van der Waals surface area (Å²) in [5, 5.41) is 5.50. The molecule has 0 saturated heterocycles. The Morgan fingerprint density at radius 3 is 2.79 bits per heavy atom. The van der Waals surface area contributed by atoms with E-state index in [1.165, 1.54) is 22.3 Å². The molecule has 6 heteroatoms. The topological polar surface area (TPSA) is 55.4 Å². The molecule has 4 nitrogen and oxygen atoms in total. The number of fused-ring (bicyclic) bond motifs is 1. The first-order chi connectivity index (χ1) is 13.3. The van der Waals surface area contributed by atoms with Crippen LogP contribution in [0.1, 0.15) is 59.8 Å². The van der Waals surface area contributed by atoms with E-state index >= 15 is 0 Å². The van der Waals surface area contributed by atoms with Crippen LogP contribution in [0.2, 0.25) is 0 Å². The zero-order chi connectivity index (χ0) is 20.3. The van der Waals surface area contributed by atoms with Gasteiger partial charge in [0.2, 0.25) is 5.91 Å². The van der Waals surface area contributed by atoms with E-state index in [-0.39, 0.29) is 17.3 Å². The Hall–Kier alpha value is -1.92. The molecule has 2 aromatic heterocycles. The molecular weight excluding hydrogens is 390 g/mol.